The molecule has 6 heteroatoms. The Bertz CT molecular complexity index is 282. The van der Waals surface area contributed by atoms with Crippen molar-refractivity contribution in [1.82, 2.24) is 14.3 Å². The first-order chi connectivity index (χ1) is 6.25. The lowest BCUT2D eigenvalue weighted by Gasteiger charge is -2.31. The van der Waals surface area contributed by atoms with Gasteiger partial charge in [-0.15, -0.1) is 0 Å². The van der Waals surface area contributed by atoms with Gasteiger partial charge in [0.2, 0.25) is 5.95 Å². The molecule has 0 bridgehead atoms. The molecule has 4 nitrogen and oxygen atoms in total. The first-order valence-electron chi connectivity index (χ1n) is 4.18. The van der Waals surface area contributed by atoms with Crippen molar-refractivity contribution in [2.75, 3.05) is 38.1 Å². The molecule has 1 aromatic heterocycles. The van der Waals surface area contributed by atoms with Crippen LogP contribution in [-0.2, 0) is 0 Å². The number of hydrogen-bond donors (Lipinski definition) is 0. The molecule has 0 radical (unpaired) electrons. The summed E-state index contributed by atoms with van der Waals surface area (Å²) in [5, 5.41) is 0. The van der Waals surface area contributed by atoms with Crippen LogP contribution < -0.4 is 4.90 Å². The number of aromatic nitrogens is 2. The Kier molecular flexibility index (Phi) is 2.80. The summed E-state index contributed by atoms with van der Waals surface area (Å²) in [5.74, 6) is 0.866. The number of likely N-dealkylation sites (N-methyl/N-ethyl adjacent to an activating group) is 1. The largest absolute Gasteiger partial charge is 0.337 e. The van der Waals surface area contributed by atoms with Crippen LogP contribution in [0.3, 0.4) is 0 Å². The standard InChI is InChI=1S/C7H11BrN4S/c1-11-2-4-12(5-3-11)7-9-6(8)13-10-7/h2-5H2,1H3. The summed E-state index contributed by atoms with van der Waals surface area (Å²) in [5.41, 5.74) is 0. The lowest BCUT2D eigenvalue weighted by atomic mass is 10.3. The fraction of sp³-hybridized carbons (Fsp3) is 0.714. The highest BCUT2D eigenvalue weighted by Gasteiger charge is 2.17. The second-order valence-electron chi connectivity index (χ2n) is 3.14. The lowest BCUT2D eigenvalue weighted by Crippen LogP contribution is -2.44. The number of anilines is 1. The Morgan fingerprint density at radius 3 is 2.54 bits per heavy atom. The molecule has 0 aliphatic carbocycles. The highest BCUT2D eigenvalue weighted by Crippen LogP contribution is 2.18. The van der Waals surface area contributed by atoms with Crippen LogP contribution in [0.25, 0.3) is 0 Å². The van der Waals surface area contributed by atoms with Gasteiger partial charge in [-0.05, 0) is 34.5 Å². The lowest BCUT2D eigenvalue weighted by molar-refractivity contribution is 0.311. The van der Waals surface area contributed by atoms with Crippen molar-refractivity contribution in [3.05, 3.63) is 3.92 Å². The summed E-state index contributed by atoms with van der Waals surface area (Å²) in [4.78, 5) is 8.83. The third-order valence-corrected chi connectivity index (χ3v) is 3.28. The number of halogens is 1. The van der Waals surface area contributed by atoms with E-state index in [0.29, 0.717) is 0 Å². The van der Waals surface area contributed by atoms with E-state index in [9.17, 15) is 0 Å². The third kappa shape index (κ3) is 2.18. The SMILES string of the molecule is CN1CCN(c2nsc(Br)n2)CC1. The molecular weight excluding hydrogens is 252 g/mol. The maximum atomic E-state index is 4.29. The maximum Gasteiger partial charge on any atom is 0.238 e. The van der Waals surface area contributed by atoms with Gasteiger partial charge in [0.1, 0.15) is 0 Å². The fourth-order valence-electron chi connectivity index (χ4n) is 1.33. The van der Waals surface area contributed by atoms with Crippen LogP contribution in [0, 0.1) is 0 Å². The molecule has 1 saturated heterocycles. The van der Waals surface area contributed by atoms with E-state index in [2.05, 4.69) is 42.1 Å². The van der Waals surface area contributed by atoms with E-state index >= 15 is 0 Å². The third-order valence-electron chi connectivity index (χ3n) is 2.18. The van der Waals surface area contributed by atoms with E-state index in [-0.39, 0.29) is 0 Å². The smallest absolute Gasteiger partial charge is 0.238 e. The monoisotopic (exact) mass is 262 g/mol. The molecule has 1 aliphatic heterocycles. The maximum absolute atomic E-state index is 4.29. The van der Waals surface area contributed by atoms with Gasteiger partial charge in [0.25, 0.3) is 0 Å². The van der Waals surface area contributed by atoms with E-state index in [1.54, 1.807) is 0 Å². The van der Waals surface area contributed by atoms with E-state index in [1.807, 2.05) is 0 Å². The molecule has 2 heterocycles. The van der Waals surface area contributed by atoms with Crippen molar-refractivity contribution in [2.24, 2.45) is 0 Å². The predicted octanol–water partition coefficient (Wildman–Crippen LogP) is 1.05. The first kappa shape index (κ1) is 9.36. The Hall–Kier alpha value is -0.200. The summed E-state index contributed by atoms with van der Waals surface area (Å²) >= 11 is 4.72. The predicted molar refractivity (Wildman–Crippen MR) is 57.3 cm³/mol. The second-order valence-corrected chi connectivity index (χ2v) is 5.17. The van der Waals surface area contributed by atoms with Gasteiger partial charge in [-0.1, -0.05) is 0 Å². The molecule has 0 spiro atoms. The molecule has 2 rings (SSSR count). The zero-order chi connectivity index (χ0) is 9.26. The van der Waals surface area contributed by atoms with Crippen LogP contribution in [0.4, 0.5) is 5.95 Å². The topological polar surface area (TPSA) is 32.3 Å². The van der Waals surface area contributed by atoms with E-state index in [0.717, 1.165) is 36.0 Å². The van der Waals surface area contributed by atoms with Gasteiger partial charge in [-0.2, -0.15) is 9.36 Å². The molecule has 1 aliphatic rings. The molecule has 0 saturated carbocycles. The van der Waals surface area contributed by atoms with Crippen molar-refractivity contribution in [3.63, 3.8) is 0 Å². The van der Waals surface area contributed by atoms with E-state index in [4.69, 9.17) is 0 Å². The minimum atomic E-state index is 0.862. The summed E-state index contributed by atoms with van der Waals surface area (Å²) in [6.45, 7) is 4.24. The Morgan fingerprint density at radius 1 is 1.31 bits per heavy atom. The van der Waals surface area contributed by atoms with Gasteiger partial charge in [-0.3, -0.25) is 0 Å². The van der Waals surface area contributed by atoms with Crippen LogP contribution in [0.15, 0.2) is 3.92 Å². The average molecular weight is 263 g/mol. The zero-order valence-electron chi connectivity index (χ0n) is 7.40. The van der Waals surface area contributed by atoms with Crippen molar-refractivity contribution in [2.45, 2.75) is 0 Å². The van der Waals surface area contributed by atoms with Gasteiger partial charge in [0, 0.05) is 26.2 Å². The van der Waals surface area contributed by atoms with Crippen LogP contribution >= 0.6 is 27.5 Å². The van der Waals surface area contributed by atoms with Gasteiger partial charge >= 0.3 is 0 Å². The highest BCUT2D eigenvalue weighted by molar-refractivity contribution is 9.11. The van der Waals surface area contributed by atoms with Crippen LogP contribution in [0.5, 0.6) is 0 Å². The highest BCUT2D eigenvalue weighted by atomic mass is 79.9. The van der Waals surface area contributed by atoms with Crippen LogP contribution in [0.2, 0.25) is 0 Å². The molecule has 0 amide bonds. The van der Waals surface area contributed by atoms with E-state index < -0.39 is 0 Å². The van der Waals surface area contributed by atoms with Gasteiger partial charge in [0.05, 0.1) is 0 Å². The molecule has 0 N–H and O–H groups in total. The average Bonchev–Trinajstić information content (AvgIpc) is 2.53. The molecular formula is C7H11BrN4S. The van der Waals surface area contributed by atoms with Crippen molar-refractivity contribution in [1.29, 1.82) is 0 Å². The van der Waals surface area contributed by atoms with Crippen molar-refractivity contribution >= 4 is 33.4 Å². The summed E-state index contributed by atoms with van der Waals surface area (Å²) < 4.78 is 5.12. The quantitative estimate of drug-likeness (QED) is 0.758. The normalized spacial score (nSPS) is 19.4. The summed E-state index contributed by atoms with van der Waals surface area (Å²) in [7, 11) is 2.14. The van der Waals surface area contributed by atoms with Crippen molar-refractivity contribution in [3.8, 4) is 0 Å². The molecule has 1 aromatic rings. The number of rotatable bonds is 1. The molecule has 0 aromatic carbocycles. The number of nitrogens with zero attached hydrogens (tertiary/aromatic N) is 4. The van der Waals surface area contributed by atoms with Gasteiger partial charge in [-0.25, -0.2) is 0 Å². The van der Waals surface area contributed by atoms with Gasteiger partial charge < -0.3 is 9.80 Å². The summed E-state index contributed by atoms with van der Waals surface area (Å²) in [6, 6.07) is 0. The molecule has 1 fully saturated rings. The van der Waals surface area contributed by atoms with Crippen molar-refractivity contribution < 1.29 is 0 Å². The number of piperazine rings is 1. The molecule has 0 unspecified atom stereocenters. The fourth-order valence-corrected chi connectivity index (χ4v) is 2.14. The van der Waals surface area contributed by atoms with E-state index in [1.165, 1.54) is 11.5 Å². The first-order valence-corrected chi connectivity index (χ1v) is 5.75. The molecule has 0 atom stereocenters. The minimum Gasteiger partial charge on any atom is -0.337 e. The summed E-state index contributed by atoms with van der Waals surface area (Å²) in [6.07, 6.45) is 0. The Labute approximate surface area is 89.9 Å². The van der Waals surface area contributed by atoms with Crippen LogP contribution in [-0.4, -0.2) is 47.5 Å². The Balaban J connectivity index is 2.02. The number of hydrogen-bond acceptors (Lipinski definition) is 5. The minimum absolute atomic E-state index is 0.862. The van der Waals surface area contributed by atoms with Gasteiger partial charge in [0.15, 0.2) is 3.92 Å². The Morgan fingerprint density at radius 2 is 2.00 bits per heavy atom. The zero-order valence-corrected chi connectivity index (χ0v) is 9.81. The van der Waals surface area contributed by atoms with Crippen LogP contribution in [0.1, 0.15) is 0 Å². The molecule has 72 valence electrons. The second kappa shape index (κ2) is 3.89. The molecule has 13 heavy (non-hydrogen) atoms.